The van der Waals surface area contributed by atoms with Gasteiger partial charge < -0.3 is 14.1 Å². The van der Waals surface area contributed by atoms with Crippen molar-refractivity contribution in [1.82, 2.24) is 4.90 Å². The molecule has 162 valence electrons. The minimum Gasteiger partial charge on any atom is -0.450 e. The van der Waals surface area contributed by atoms with Crippen molar-refractivity contribution in [2.45, 2.75) is 32.4 Å². The first-order valence-electron chi connectivity index (χ1n) is 9.91. The summed E-state index contributed by atoms with van der Waals surface area (Å²) >= 11 is 18.4. The van der Waals surface area contributed by atoms with Gasteiger partial charge in [0, 0.05) is 18.2 Å². The quantitative estimate of drug-likeness (QED) is 0.399. The fraction of sp³-hybridized carbons (Fsp3) is 0.304. The smallest absolute Gasteiger partial charge is 0.290 e. The largest absolute Gasteiger partial charge is 0.450 e. The summed E-state index contributed by atoms with van der Waals surface area (Å²) in [6.07, 6.45) is 0.700. The van der Waals surface area contributed by atoms with Gasteiger partial charge in [0.05, 0.1) is 33.1 Å². The zero-order valence-electron chi connectivity index (χ0n) is 17.0. The van der Waals surface area contributed by atoms with Gasteiger partial charge in [-0.1, -0.05) is 40.9 Å². The van der Waals surface area contributed by atoms with Crippen LogP contribution in [0.5, 0.6) is 0 Å². The number of amides is 1. The lowest BCUT2D eigenvalue weighted by molar-refractivity contribution is 0.0593. The summed E-state index contributed by atoms with van der Waals surface area (Å²) in [6, 6.07) is 9.22. The van der Waals surface area contributed by atoms with Crippen molar-refractivity contribution in [2.75, 3.05) is 13.2 Å². The summed E-state index contributed by atoms with van der Waals surface area (Å²) in [6.45, 7) is 4.78. The SMILES string of the molecule is CC(C)OCCCN1C(=O)c2oc3ccc(Cl)cc3c(=O)c2C1c1ccc(Cl)c(Cl)c1. The maximum atomic E-state index is 13.4. The Hall–Kier alpha value is -2.05. The Kier molecular flexibility index (Phi) is 6.31. The fourth-order valence-corrected chi connectivity index (χ4v) is 4.28. The number of benzene rings is 2. The van der Waals surface area contributed by atoms with Gasteiger partial charge >= 0.3 is 0 Å². The summed E-state index contributed by atoms with van der Waals surface area (Å²) in [5.74, 6) is -0.301. The number of carbonyl (C=O) groups excluding carboxylic acids is 1. The normalized spacial score (nSPS) is 15.9. The van der Waals surface area contributed by atoms with Crippen molar-refractivity contribution in [2.24, 2.45) is 0 Å². The van der Waals surface area contributed by atoms with E-state index in [1.165, 1.54) is 0 Å². The molecular formula is C23H20Cl3NO4. The molecule has 4 rings (SSSR count). The Bertz CT molecular complexity index is 1220. The molecule has 5 nitrogen and oxygen atoms in total. The molecular weight excluding hydrogens is 461 g/mol. The number of carbonyl (C=O) groups is 1. The van der Waals surface area contributed by atoms with Crippen LogP contribution in [0, 0.1) is 0 Å². The molecule has 3 aromatic rings. The zero-order valence-corrected chi connectivity index (χ0v) is 19.2. The van der Waals surface area contributed by atoms with Gasteiger partial charge in [0.1, 0.15) is 5.58 Å². The van der Waals surface area contributed by atoms with Crippen LogP contribution in [-0.2, 0) is 4.74 Å². The molecule has 0 saturated heterocycles. The van der Waals surface area contributed by atoms with Crippen LogP contribution in [0.2, 0.25) is 15.1 Å². The average molecular weight is 481 g/mol. The van der Waals surface area contributed by atoms with Gasteiger partial charge in [-0.15, -0.1) is 0 Å². The molecule has 2 heterocycles. The fourth-order valence-electron chi connectivity index (χ4n) is 3.81. The molecule has 0 fully saturated rings. The number of halogens is 3. The molecule has 0 N–H and O–H groups in total. The molecule has 1 aromatic heterocycles. The third kappa shape index (κ3) is 4.20. The Labute approximate surface area is 194 Å². The number of rotatable bonds is 6. The van der Waals surface area contributed by atoms with E-state index in [1.54, 1.807) is 41.3 Å². The van der Waals surface area contributed by atoms with Crippen molar-refractivity contribution >= 4 is 51.7 Å². The molecule has 31 heavy (non-hydrogen) atoms. The second-order valence-corrected chi connectivity index (χ2v) is 8.91. The van der Waals surface area contributed by atoms with Crippen LogP contribution in [0.4, 0.5) is 0 Å². The molecule has 1 aliphatic rings. The molecule has 8 heteroatoms. The molecule has 1 amide bonds. The predicted octanol–water partition coefficient (Wildman–Crippen LogP) is 6.11. The molecule has 0 radical (unpaired) electrons. The van der Waals surface area contributed by atoms with Crippen LogP contribution in [0.25, 0.3) is 11.0 Å². The van der Waals surface area contributed by atoms with E-state index in [9.17, 15) is 9.59 Å². The van der Waals surface area contributed by atoms with Crippen LogP contribution in [-0.4, -0.2) is 30.1 Å². The van der Waals surface area contributed by atoms with Crippen molar-refractivity contribution in [3.05, 3.63) is 78.6 Å². The number of nitrogens with zero attached hydrogens (tertiary/aromatic N) is 1. The van der Waals surface area contributed by atoms with Crippen LogP contribution >= 0.6 is 34.8 Å². The summed E-state index contributed by atoms with van der Waals surface area (Å²) in [5.41, 5.74) is 0.992. The molecule has 0 spiro atoms. The highest BCUT2D eigenvalue weighted by atomic mass is 35.5. The molecule has 1 unspecified atom stereocenters. The Morgan fingerprint density at radius 2 is 1.84 bits per heavy atom. The number of hydrogen-bond donors (Lipinski definition) is 0. The molecule has 2 aromatic carbocycles. The first-order chi connectivity index (χ1) is 14.8. The van der Waals surface area contributed by atoms with E-state index in [1.807, 2.05) is 13.8 Å². The van der Waals surface area contributed by atoms with Crippen LogP contribution in [0.1, 0.15) is 48.0 Å². The third-order valence-electron chi connectivity index (χ3n) is 5.18. The van der Waals surface area contributed by atoms with E-state index in [2.05, 4.69) is 0 Å². The minimum atomic E-state index is -0.643. The van der Waals surface area contributed by atoms with Crippen LogP contribution in [0.3, 0.4) is 0 Å². The lowest BCUT2D eigenvalue weighted by Gasteiger charge is -2.25. The highest BCUT2D eigenvalue weighted by Crippen LogP contribution is 2.40. The molecule has 1 aliphatic heterocycles. The van der Waals surface area contributed by atoms with Gasteiger partial charge in [-0.2, -0.15) is 0 Å². The van der Waals surface area contributed by atoms with E-state index < -0.39 is 6.04 Å². The predicted molar refractivity (Wildman–Crippen MR) is 123 cm³/mol. The Balaban J connectivity index is 1.84. The zero-order chi connectivity index (χ0) is 22.3. The van der Waals surface area contributed by atoms with Gasteiger partial charge in [-0.3, -0.25) is 9.59 Å². The third-order valence-corrected chi connectivity index (χ3v) is 6.16. The van der Waals surface area contributed by atoms with Crippen molar-refractivity contribution in [3.63, 3.8) is 0 Å². The average Bonchev–Trinajstić information content (AvgIpc) is 3.00. The van der Waals surface area contributed by atoms with E-state index in [-0.39, 0.29) is 28.8 Å². The molecule has 0 bridgehead atoms. The van der Waals surface area contributed by atoms with Crippen molar-refractivity contribution in [1.29, 1.82) is 0 Å². The van der Waals surface area contributed by atoms with Gasteiger partial charge in [0.15, 0.2) is 5.43 Å². The minimum absolute atomic E-state index is 0.0423. The van der Waals surface area contributed by atoms with E-state index >= 15 is 0 Å². The summed E-state index contributed by atoms with van der Waals surface area (Å²) in [7, 11) is 0. The van der Waals surface area contributed by atoms with Crippen LogP contribution < -0.4 is 5.43 Å². The lowest BCUT2D eigenvalue weighted by atomic mass is 9.98. The monoisotopic (exact) mass is 479 g/mol. The molecule has 0 aliphatic carbocycles. The van der Waals surface area contributed by atoms with Gasteiger partial charge in [-0.25, -0.2) is 0 Å². The van der Waals surface area contributed by atoms with E-state index in [0.29, 0.717) is 51.2 Å². The number of ether oxygens (including phenoxy) is 1. The van der Waals surface area contributed by atoms with E-state index in [0.717, 1.165) is 0 Å². The molecule has 1 atom stereocenters. The first-order valence-corrected chi connectivity index (χ1v) is 11.0. The second kappa shape index (κ2) is 8.83. The maximum absolute atomic E-state index is 13.4. The van der Waals surface area contributed by atoms with Gasteiger partial charge in [0.2, 0.25) is 5.76 Å². The lowest BCUT2D eigenvalue weighted by Crippen LogP contribution is -2.31. The number of hydrogen-bond acceptors (Lipinski definition) is 4. The Morgan fingerprint density at radius 1 is 1.06 bits per heavy atom. The second-order valence-electron chi connectivity index (χ2n) is 7.66. The van der Waals surface area contributed by atoms with Crippen molar-refractivity contribution in [3.8, 4) is 0 Å². The van der Waals surface area contributed by atoms with Gasteiger partial charge in [0.25, 0.3) is 5.91 Å². The maximum Gasteiger partial charge on any atom is 0.290 e. The van der Waals surface area contributed by atoms with Crippen LogP contribution in [0.15, 0.2) is 45.6 Å². The highest BCUT2D eigenvalue weighted by Gasteiger charge is 2.42. The van der Waals surface area contributed by atoms with Crippen molar-refractivity contribution < 1.29 is 13.9 Å². The first kappa shape index (κ1) is 22.2. The standard InChI is InChI=1S/C23H20Cl3NO4/c1-12(2)30-9-3-8-27-20(13-4-6-16(25)17(26)10-13)19-21(28)15-11-14(24)5-7-18(15)31-22(19)23(27)29/h4-7,10-12,20H,3,8-9H2,1-2H3. The topological polar surface area (TPSA) is 59.8 Å². The highest BCUT2D eigenvalue weighted by molar-refractivity contribution is 6.42. The van der Waals surface area contributed by atoms with Gasteiger partial charge in [-0.05, 0) is 56.2 Å². The molecule has 0 saturated carbocycles. The summed E-state index contributed by atoms with van der Waals surface area (Å²) < 4.78 is 11.5. The number of fused-ring (bicyclic) bond motifs is 2. The summed E-state index contributed by atoms with van der Waals surface area (Å²) in [5, 5.41) is 1.48. The Morgan fingerprint density at radius 3 is 2.55 bits per heavy atom. The summed E-state index contributed by atoms with van der Waals surface area (Å²) in [4.78, 5) is 28.4. The van der Waals surface area contributed by atoms with E-state index in [4.69, 9.17) is 44.0 Å².